The van der Waals surface area contributed by atoms with Gasteiger partial charge in [-0.3, -0.25) is 4.79 Å². The molecule has 0 saturated carbocycles. The number of carbonyl (C=O) groups excluding carboxylic acids is 1. The lowest BCUT2D eigenvalue weighted by Gasteiger charge is -2.18. The lowest BCUT2D eigenvalue weighted by atomic mass is 10.1. The third-order valence-corrected chi connectivity index (χ3v) is 5.67. The number of halogens is 2. The minimum absolute atomic E-state index is 0.0291. The molecule has 182 valence electrons. The van der Waals surface area contributed by atoms with Crippen molar-refractivity contribution in [2.75, 3.05) is 25.1 Å². The molecule has 1 amide bonds. The predicted molar refractivity (Wildman–Crippen MR) is 128 cm³/mol. The Bertz CT molecular complexity index is 1220. The molecule has 10 heteroatoms. The number of fused-ring (bicyclic) bond motifs is 1. The molecule has 3 aromatic rings. The maximum Gasteiger partial charge on any atom is 0.326 e. The SMILES string of the molecule is O=C(N[C@@H](Cc1ccc(OCCc2ccc3c(n2)OCCN3)cc1)C(=O)O)c1cc(F)ccc1Cl. The highest BCUT2D eigenvalue weighted by Crippen LogP contribution is 2.25. The lowest BCUT2D eigenvalue weighted by Crippen LogP contribution is -2.42. The molecule has 0 bridgehead atoms. The van der Waals surface area contributed by atoms with Crippen molar-refractivity contribution in [1.82, 2.24) is 10.3 Å². The van der Waals surface area contributed by atoms with E-state index in [1.807, 2.05) is 12.1 Å². The number of anilines is 1. The van der Waals surface area contributed by atoms with Crippen molar-refractivity contribution in [2.24, 2.45) is 0 Å². The summed E-state index contributed by atoms with van der Waals surface area (Å²) in [4.78, 5) is 28.6. The molecule has 3 N–H and O–H groups in total. The highest BCUT2D eigenvalue weighted by Gasteiger charge is 2.23. The molecule has 35 heavy (non-hydrogen) atoms. The van der Waals surface area contributed by atoms with Crippen LogP contribution >= 0.6 is 11.6 Å². The Hall–Kier alpha value is -3.85. The number of pyridine rings is 1. The summed E-state index contributed by atoms with van der Waals surface area (Å²) in [5.74, 6) is -1.42. The zero-order valence-electron chi connectivity index (χ0n) is 18.6. The summed E-state index contributed by atoms with van der Waals surface area (Å²) >= 11 is 5.94. The average molecular weight is 500 g/mol. The molecule has 0 unspecified atom stereocenters. The fraction of sp³-hybridized carbons (Fsp3) is 0.240. The zero-order valence-corrected chi connectivity index (χ0v) is 19.3. The molecule has 0 spiro atoms. The van der Waals surface area contributed by atoms with Crippen molar-refractivity contribution in [3.05, 3.63) is 82.3 Å². The molecule has 4 rings (SSSR count). The number of amides is 1. The van der Waals surface area contributed by atoms with E-state index in [0.717, 1.165) is 30.1 Å². The maximum atomic E-state index is 13.5. The van der Waals surface area contributed by atoms with Gasteiger partial charge in [-0.15, -0.1) is 0 Å². The Labute approximate surface area is 206 Å². The second kappa shape index (κ2) is 11.1. The Morgan fingerprint density at radius 1 is 1.20 bits per heavy atom. The predicted octanol–water partition coefficient (Wildman–Crippen LogP) is 3.73. The number of aromatic nitrogens is 1. The van der Waals surface area contributed by atoms with Crippen LogP contribution in [0.1, 0.15) is 21.6 Å². The molecule has 0 fully saturated rings. The van der Waals surface area contributed by atoms with Crippen LogP contribution in [0.15, 0.2) is 54.6 Å². The summed E-state index contributed by atoms with van der Waals surface area (Å²) in [6.45, 7) is 1.74. The number of hydrogen-bond donors (Lipinski definition) is 3. The van der Waals surface area contributed by atoms with Gasteiger partial charge >= 0.3 is 5.97 Å². The van der Waals surface area contributed by atoms with Gasteiger partial charge in [-0.25, -0.2) is 14.2 Å². The number of carboxylic acid groups (broad SMARTS) is 1. The first-order valence-electron chi connectivity index (χ1n) is 11.0. The Balaban J connectivity index is 1.31. The Morgan fingerprint density at radius 2 is 2.00 bits per heavy atom. The molecule has 1 aliphatic heterocycles. The number of aliphatic carboxylic acids is 1. The highest BCUT2D eigenvalue weighted by molar-refractivity contribution is 6.33. The van der Waals surface area contributed by atoms with E-state index in [1.54, 1.807) is 24.3 Å². The van der Waals surface area contributed by atoms with Gasteiger partial charge in [0.1, 0.15) is 24.2 Å². The standard InChI is InChI=1S/C25H23ClFN3O5/c26-20-7-3-16(27)14-19(20)23(31)30-22(25(32)33)13-15-1-5-18(6-2-15)34-11-9-17-4-8-21-24(29-17)35-12-10-28-21/h1-8,14,22,28H,9-13H2,(H,30,31)(H,32,33)/t22-/m0/s1. The average Bonchev–Trinajstić information content (AvgIpc) is 2.86. The van der Waals surface area contributed by atoms with Gasteiger partial charge < -0.3 is 25.2 Å². The first-order chi connectivity index (χ1) is 16.9. The number of carboxylic acids is 1. The van der Waals surface area contributed by atoms with Crippen molar-refractivity contribution in [1.29, 1.82) is 0 Å². The van der Waals surface area contributed by atoms with Crippen LogP contribution in [-0.2, 0) is 17.6 Å². The van der Waals surface area contributed by atoms with Gasteiger partial charge in [-0.2, -0.15) is 0 Å². The van der Waals surface area contributed by atoms with Gasteiger partial charge in [-0.05, 0) is 48.0 Å². The first-order valence-corrected chi connectivity index (χ1v) is 11.3. The zero-order chi connectivity index (χ0) is 24.8. The summed E-state index contributed by atoms with van der Waals surface area (Å²) in [5, 5.41) is 15.2. The van der Waals surface area contributed by atoms with Crippen LogP contribution in [0.2, 0.25) is 5.02 Å². The molecule has 0 aliphatic carbocycles. The second-order valence-corrected chi connectivity index (χ2v) is 8.27. The van der Waals surface area contributed by atoms with Crippen LogP contribution in [0.4, 0.5) is 10.1 Å². The van der Waals surface area contributed by atoms with Gasteiger partial charge in [0, 0.05) is 25.1 Å². The number of carbonyl (C=O) groups is 2. The van der Waals surface area contributed by atoms with E-state index < -0.39 is 23.7 Å². The number of nitrogens with zero attached hydrogens (tertiary/aromatic N) is 1. The van der Waals surface area contributed by atoms with Crippen LogP contribution < -0.4 is 20.1 Å². The van der Waals surface area contributed by atoms with Crippen molar-refractivity contribution >= 4 is 29.2 Å². The molecular weight excluding hydrogens is 477 g/mol. The first kappa shape index (κ1) is 24.3. The van der Waals surface area contributed by atoms with E-state index in [0.29, 0.717) is 36.8 Å². The normalized spacial score (nSPS) is 13.1. The van der Waals surface area contributed by atoms with Crippen molar-refractivity contribution in [3.8, 4) is 11.6 Å². The summed E-state index contributed by atoms with van der Waals surface area (Å²) < 4.78 is 24.8. The highest BCUT2D eigenvalue weighted by atomic mass is 35.5. The van der Waals surface area contributed by atoms with E-state index in [2.05, 4.69) is 15.6 Å². The molecule has 2 aromatic carbocycles. The van der Waals surface area contributed by atoms with E-state index >= 15 is 0 Å². The number of hydrogen-bond acceptors (Lipinski definition) is 6. The molecule has 1 atom stereocenters. The fourth-order valence-corrected chi connectivity index (χ4v) is 3.74. The third-order valence-electron chi connectivity index (χ3n) is 5.34. The minimum atomic E-state index is -1.22. The number of nitrogens with one attached hydrogen (secondary N) is 2. The largest absolute Gasteiger partial charge is 0.493 e. The summed E-state index contributed by atoms with van der Waals surface area (Å²) in [5.41, 5.74) is 2.28. The quantitative estimate of drug-likeness (QED) is 0.411. The monoisotopic (exact) mass is 499 g/mol. The molecular formula is C25H23ClFN3O5. The van der Waals surface area contributed by atoms with Crippen molar-refractivity contribution in [2.45, 2.75) is 18.9 Å². The molecule has 0 radical (unpaired) electrons. The molecule has 2 heterocycles. The van der Waals surface area contributed by atoms with Crippen LogP contribution in [0.3, 0.4) is 0 Å². The van der Waals surface area contributed by atoms with E-state index in [1.165, 1.54) is 6.07 Å². The second-order valence-electron chi connectivity index (χ2n) is 7.87. The van der Waals surface area contributed by atoms with Gasteiger partial charge in [0.15, 0.2) is 0 Å². The minimum Gasteiger partial charge on any atom is -0.493 e. The smallest absolute Gasteiger partial charge is 0.326 e. The number of benzene rings is 2. The van der Waals surface area contributed by atoms with Crippen molar-refractivity contribution in [3.63, 3.8) is 0 Å². The molecule has 8 nitrogen and oxygen atoms in total. The van der Waals surface area contributed by atoms with E-state index in [9.17, 15) is 19.1 Å². The summed E-state index contributed by atoms with van der Waals surface area (Å²) in [6, 6.07) is 12.9. The Kier molecular flexibility index (Phi) is 7.67. The van der Waals surface area contributed by atoms with Crippen LogP contribution in [0.5, 0.6) is 11.6 Å². The van der Waals surface area contributed by atoms with Crippen molar-refractivity contribution < 1.29 is 28.6 Å². The van der Waals surface area contributed by atoms with E-state index in [-0.39, 0.29) is 17.0 Å². The summed E-state index contributed by atoms with van der Waals surface area (Å²) in [7, 11) is 0. The number of rotatable bonds is 9. The van der Waals surface area contributed by atoms with Crippen LogP contribution in [0, 0.1) is 5.82 Å². The van der Waals surface area contributed by atoms with Gasteiger partial charge in [0.25, 0.3) is 5.91 Å². The van der Waals surface area contributed by atoms with E-state index in [4.69, 9.17) is 21.1 Å². The molecule has 1 aliphatic rings. The van der Waals surface area contributed by atoms with Crippen LogP contribution in [0.25, 0.3) is 0 Å². The summed E-state index contributed by atoms with van der Waals surface area (Å²) in [6.07, 6.45) is 0.621. The number of ether oxygens (including phenoxy) is 2. The van der Waals surface area contributed by atoms with Crippen LogP contribution in [-0.4, -0.2) is 47.8 Å². The Morgan fingerprint density at radius 3 is 2.77 bits per heavy atom. The van der Waals surface area contributed by atoms with Gasteiger partial charge in [0.05, 0.1) is 22.9 Å². The third kappa shape index (κ3) is 6.39. The van der Waals surface area contributed by atoms with Gasteiger partial charge in [0.2, 0.25) is 5.88 Å². The maximum absolute atomic E-state index is 13.5. The topological polar surface area (TPSA) is 110 Å². The lowest BCUT2D eigenvalue weighted by molar-refractivity contribution is -0.139. The molecule has 1 aromatic heterocycles. The fourth-order valence-electron chi connectivity index (χ4n) is 3.53. The molecule has 0 saturated heterocycles. The van der Waals surface area contributed by atoms with Gasteiger partial charge in [-0.1, -0.05) is 23.7 Å².